The summed E-state index contributed by atoms with van der Waals surface area (Å²) in [7, 11) is 0. The van der Waals surface area contributed by atoms with Crippen LogP contribution in [0.15, 0.2) is 16.6 Å². The maximum Gasteiger partial charge on any atom is 0.136 e. The van der Waals surface area contributed by atoms with Gasteiger partial charge in [-0.25, -0.2) is 0 Å². The fraction of sp³-hybridized carbons (Fsp3) is 0.571. The monoisotopic (exact) mass is 297 g/mol. The topological polar surface area (TPSA) is 35.2 Å². The summed E-state index contributed by atoms with van der Waals surface area (Å²) in [6, 6.07) is 4.44. The van der Waals surface area contributed by atoms with E-state index in [1.165, 1.54) is 24.0 Å². The fourth-order valence-corrected chi connectivity index (χ4v) is 2.68. The number of nitrogens with two attached hydrogens (primary N) is 1. The second kappa shape index (κ2) is 5.40. The minimum Gasteiger partial charge on any atom is -0.492 e. The zero-order valence-electron chi connectivity index (χ0n) is 10.5. The molecule has 0 bridgehead atoms. The molecule has 1 aromatic carbocycles. The van der Waals surface area contributed by atoms with Gasteiger partial charge in [-0.3, -0.25) is 0 Å². The summed E-state index contributed by atoms with van der Waals surface area (Å²) in [6.45, 7) is 4.97. The SMILES string of the molecule is Cc1cc(Br)c(OCC2CC2)c(CC(C)N)c1. The van der Waals surface area contributed by atoms with Gasteiger partial charge in [-0.05, 0) is 72.2 Å². The van der Waals surface area contributed by atoms with Crippen molar-refractivity contribution >= 4 is 15.9 Å². The normalized spacial score (nSPS) is 16.9. The zero-order chi connectivity index (χ0) is 12.4. The minimum atomic E-state index is 0.159. The van der Waals surface area contributed by atoms with E-state index in [-0.39, 0.29) is 6.04 Å². The van der Waals surface area contributed by atoms with Gasteiger partial charge in [0.1, 0.15) is 5.75 Å². The van der Waals surface area contributed by atoms with E-state index in [9.17, 15) is 0 Å². The molecule has 1 saturated carbocycles. The third kappa shape index (κ3) is 3.71. The average molecular weight is 298 g/mol. The van der Waals surface area contributed by atoms with Crippen molar-refractivity contribution < 1.29 is 4.74 Å². The van der Waals surface area contributed by atoms with Crippen LogP contribution >= 0.6 is 15.9 Å². The number of ether oxygens (including phenoxy) is 1. The van der Waals surface area contributed by atoms with Crippen LogP contribution < -0.4 is 10.5 Å². The number of benzene rings is 1. The van der Waals surface area contributed by atoms with Gasteiger partial charge in [0.2, 0.25) is 0 Å². The third-order valence-corrected chi connectivity index (χ3v) is 3.56. The van der Waals surface area contributed by atoms with Crippen LogP contribution in [-0.4, -0.2) is 12.6 Å². The standard InChI is InChI=1S/C14H20BrNO/c1-9-5-12(7-10(2)16)14(13(15)6-9)17-8-11-3-4-11/h5-6,10-11H,3-4,7-8,16H2,1-2H3. The first-order valence-electron chi connectivity index (χ1n) is 6.23. The molecule has 2 nitrogen and oxygen atoms in total. The predicted octanol–water partition coefficient (Wildman–Crippen LogP) is 3.44. The van der Waals surface area contributed by atoms with E-state index in [0.717, 1.165) is 29.2 Å². The summed E-state index contributed by atoms with van der Waals surface area (Å²) < 4.78 is 7.00. The Morgan fingerprint density at radius 2 is 2.18 bits per heavy atom. The van der Waals surface area contributed by atoms with Gasteiger partial charge < -0.3 is 10.5 Å². The number of hydrogen-bond acceptors (Lipinski definition) is 2. The van der Waals surface area contributed by atoms with Gasteiger partial charge in [-0.2, -0.15) is 0 Å². The van der Waals surface area contributed by atoms with E-state index in [1.54, 1.807) is 0 Å². The molecular formula is C14H20BrNO. The van der Waals surface area contributed by atoms with Crippen molar-refractivity contribution in [2.45, 2.75) is 39.2 Å². The molecule has 0 amide bonds. The Bertz CT molecular complexity index is 399. The summed E-state index contributed by atoms with van der Waals surface area (Å²) in [4.78, 5) is 0. The maximum atomic E-state index is 5.95. The van der Waals surface area contributed by atoms with E-state index in [2.05, 4.69) is 35.0 Å². The van der Waals surface area contributed by atoms with Gasteiger partial charge in [0.15, 0.2) is 0 Å². The molecule has 0 aromatic heterocycles. The highest BCUT2D eigenvalue weighted by atomic mass is 79.9. The number of rotatable bonds is 5. The van der Waals surface area contributed by atoms with Crippen molar-refractivity contribution in [3.63, 3.8) is 0 Å². The minimum absolute atomic E-state index is 0.159. The van der Waals surface area contributed by atoms with Crippen LogP contribution in [0.2, 0.25) is 0 Å². The highest BCUT2D eigenvalue weighted by Gasteiger charge is 2.23. The van der Waals surface area contributed by atoms with Crippen LogP contribution in [0, 0.1) is 12.8 Å². The Labute approximate surface area is 112 Å². The smallest absolute Gasteiger partial charge is 0.136 e. The van der Waals surface area contributed by atoms with Gasteiger partial charge in [-0.1, -0.05) is 6.07 Å². The maximum absolute atomic E-state index is 5.95. The fourth-order valence-electron chi connectivity index (χ4n) is 1.95. The molecule has 1 aromatic rings. The van der Waals surface area contributed by atoms with Crippen LogP contribution in [0.3, 0.4) is 0 Å². The first kappa shape index (κ1) is 12.9. The van der Waals surface area contributed by atoms with Crippen molar-refractivity contribution in [1.82, 2.24) is 0 Å². The molecule has 3 heteroatoms. The van der Waals surface area contributed by atoms with Crippen molar-refractivity contribution in [3.05, 3.63) is 27.7 Å². The molecule has 17 heavy (non-hydrogen) atoms. The van der Waals surface area contributed by atoms with Gasteiger partial charge in [0.05, 0.1) is 11.1 Å². The lowest BCUT2D eigenvalue weighted by molar-refractivity contribution is 0.294. The Morgan fingerprint density at radius 3 is 2.76 bits per heavy atom. The van der Waals surface area contributed by atoms with Crippen LogP contribution in [0.25, 0.3) is 0 Å². The Kier molecular flexibility index (Phi) is 4.10. The highest BCUT2D eigenvalue weighted by Crippen LogP contribution is 2.35. The van der Waals surface area contributed by atoms with Crippen LogP contribution in [0.1, 0.15) is 30.9 Å². The van der Waals surface area contributed by atoms with E-state index in [4.69, 9.17) is 10.5 Å². The Morgan fingerprint density at radius 1 is 1.47 bits per heavy atom. The lowest BCUT2D eigenvalue weighted by atomic mass is 10.0. The van der Waals surface area contributed by atoms with Crippen molar-refractivity contribution in [2.24, 2.45) is 11.7 Å². The number of halogens is 1. The van der Waals surface area contributed by atoms with Crippen molar-refractivity contribution in [2.75, 3.05) is 6.61 Å². The molecule has 0 spiro atoms. The molecule has 0 heterocycles. The summed E-state index contributed by atoms with van der Waals surface area (Å²) in [5, 5.41) is 0. The molecule has 2 N–H and O–H groups in total. The van der Waals surface area contributed by atoms with Crippen molar-refractivity contribution in [1.29, 1.82) is 0 Å². The van der Waals surface area contributed by atoms with Crippen LogP contribution in [0.4, 0.5) is 0 Å². The first-order chi connectivity index (χ1) is 8.06. The summed E-state index contributed by atoms with van der Waals surface area (Å²) in [6.07, 6.45) is 3.48. The van der Waals surface area contributed by atoms with Gasteiger partial charge >= 0.3 is 0 Å². The number of aryl methyl sites for hydroxylation is 1. The van der Waals surface area contributed by atoms with Gasteiger partial charge in [0.25, 0.3) is 0 Å². The number of hydrogen-bond donors (Lipinski definition) is 1. The molecule has 0 radical (unpaired) electrons. The lowest BCUT2D eigenvalue weighted by Gasteiger charge is -2.15. The largest absolute Gasteiger partial charge is 0.492 e. The quantitative estimate of drug-likeness (QED) is 0.904. The summed E-state index contributed by atoms with van der Waals surface area (Å²) >= 11 is 3.59. The zero-order valence-corrected chi connectivity index (χ0v) is 12.1. The van der Waals surface area contributed by atoms with E-state index >= 15 is 0 Å². The summed E-state index contributed by atoms with van der Waals surface area (Å²) in [5.41, 5.74) is 8.35. The van der Waals surface area contributed by atoms with E-state index in [0.29, 0.717) is 0 Å². The molecule has 1 aliphatic carbocycles. The molecule has 1 unspecified atom stereocenters. The van der Waals surface area contributed by atoms with E-state index < -0.39 is 0 Å². The molecule has 1 atom stereocenters. The molecular weight excluding hydrogens is 278 g/mol. The van der Waals surface area contributed by atoms with E-state index in [1.807, 2.05) is 6.92 Å². The second-order valence-electron chi connectivity index (χ2n) is 5.17. The molecule has 1 fully saturated rings. The lowest BCUT2D eigenvalue weighted by Crippen LogP contribution is -2.18. The molecule has 0 aliphatic heterocycles. The molecule has 0 saturated heterocycles. The molecule has 94 valence electrons. The highest BCUT2D eigenvalue weighted by molar-refractivity contribution is 9.10. The third-order valence-electron chi connectivity index (χ3n) is 2.97. The van der Waals surface area contributed by atoms with Crippen molar-refractivity contribution in [3.8, 4) is 5.75 Å². The Hall–Kier alpha value is -0.540. The van der Waals surface area contributed by atoms with Gasteiger partial charge in [-0.15, -0.1) is 0 Å². The van der Waals surface area contributed by atoms with Gasteiger partial charge in [0, 0.05) is 6.04 Å². The van der Waals surface area contributed by atoms with Crippen LogP contribution in [-0.2, 0) is 6.42 Å². The average Bonchev–Trinajstić information content (AvgIpc) is 2.98. The summed E-state index contributed by atoms with van der Waals surface area (Å²) in [5.74, 6) is 1.76. The Balaban J connectivity index is 2.18. The predicted molar refractivity (Wildman–Crippen MR) is 74.5 cm³/mol. The van der Waals surface area contributed by atoms with Crippen LogP contribution in [0.5, 0.6) is 5.75 Å². The molecule has 1 aliphatic rings. The second-order valence-corrected chi connectivity index (χ2v) is 6.03. The molecule has 2 rings (SSSR count). The first-order valence-corrected chi connectivity index (χ1v) is 7.03.